The molecule has 3 nitrogen and oxygen atoms in total. The molecule has 0 bridgehead atoms. The first-order chi connectivity index (χ1) is 7.01. The molecule has 0 aliphatic rings. The van der Waals surface area contributed by atoms with Crippen LogP contribution in [-0.2, 0) is 0 Å². The van der Waals surface area contributed by atoms with Crippen molar-refractivity contribution in [2.45, 2.75) is 26.4 Å². The first-order valence-electron chi connectivity index (χ1n) is 5.20. The monoisotopic (exact) mass is 209 g/mol. The Balaban J connectivity index is 2.57. The number of benzene rings is 1. The van der Waals surface area contributed by atoms with Gasteiger partial charge in [-0.1, -0.05) is 6.07 Å². The first-order valence-corrected chi connectivity index (χ1v) is 5.20. The van der Waals surface area contributed by atoms with Crippen LogP contribution in [0.2, 0.25) is 0 Å². The molecule has 0 aliphatic carbocycles. The summed E-state index contributed by atoms with van der Waals surface area (Å²) in [6.07, 6.45) is 0. The van der Waals surface area contributed by atoms with Gasteiger partial charge in [-0.2, -0.15) is 0 Å². The minimum absolute atomic E-state index is 0.516. The second kappa shape index (κ2) is 5.03. The molecule has 84 valence electrons. The molecule has 0 aromatic heterocycles. The van der Waals surface area contributed by atoms with Gasteiger partial charge in [-0.3, -0.25) is 0 Å². The van der Waals surface area contributed by atoms with Gasteiger partial charge in [-0.15, -0.1) is 0 Å². The lowest BCUT2D eigenvalue weighted by Gasteiger charge is -2.18. The van der Waals surface area contributed by atoms with Crippen molar-refractivity contribution in [3.05, 3.63) is 24.3 Å². The molecule has 3 heteroatoms. The summed E-state index contributed by atoms with van der Waals surface area (Å²) < 4.78 is 5.38. The predicted molar refractivity (Wildman–Crippen MR) is 62.4 cm³/mol. The summed E-state index contributed by atoms with van der Waals surface area (Å²) in [6, 6.07) is 7.72. The number of hydrogen-bond acceptors (Lipinski definition) is 3. The molecule has 0 radical (unpaired) electrons. The molecular formula is C12H19NO2. The Hall–Kier alpha value is -1.22. The molecule has 1 aromatic carbocycles. The number of nitrogens with one attached hydrogen (secondary N) is 1. The van der Waals surface area contributed by atoms with Gasteiger partial charge in [0.05, 0.1) is 12.2 Å². The molecule has 0 heterocycles. The number of hydrogen-bond donors (Lipinski definition) is 2. The molecule has 0 unspecified atom stereocenters. The average Bonchev–Trinajstić information content (AvgIpc) is 2.15. The van der Waals surface area contributed by atoms with E-state index < -0.39 is 5.60 Å². The predicted octanol–water partition coefficient (Wildman–Crippen LogP) is 2.27. The van der Waals surface area contributed by atoms with Gasteiger partial charge in [0.2, 0.25) is 0 Å². The van der Waals surface area contributed by atoms with Crippen molar-refractivity contribution in [1.29, 1.82) is 0 Å². The lowest BCUT2D eigenvalue weighted by atomic mass is 10.1. The summed E-state index contributed by atoms with van der Waals surface area (Å²) in [7, 11) is 0. The molecule has 0 saturated carbocycles. The van der Waals surface area contributed by atoms with E-state index in [2.05, 4.69) is 5.32 Å². The second-order valence-corrected chi connectivity index (χ2v) is 4.13. The number of anilines is 1. The van der Waals surface area contributed by atoms with E-state index in [4.69, 9.17) is 4.74 Å². The van der Waals surface area contributed by atoms with Gasteiger partial charge in [0.25, 0.3) is 0 Å². The normalized spacial score (nSPS) is 11.2. The minimum atomic E-state index is -0.707. The molecule has 1 rings (SSSR count). The third-order valence-corrected chi connectivity index (χ3v) is 1.87. The summed E-state index contributed by atoms with van der Waals surface area (Å²) in [4.78, 5) is 0. The highest BCUT2D eigenvalue weighted by atomic mass is 16.5. The van der Waals surface area contributed by atoms with Crippen LogP contribution in [0.4, 0.5) is 5.69 Å². The van der Waals surface area contributed by atoms with Gasteiger partial charge in [0.15, 0.2) is 0 Å². The molecule has 0 fully saturated rings. The van der Waals surface area contributed by atoms with E-state index in [-0.39, 0.29) is 0 Å². The third kappa shape index (κ3) is 4.70. The van der Waals surface area contributed by atoms with Gasteiger partial charge < -0.3 is 15.2 Å². The fourth-order valence-corrected chi connectivity index (χ4v) is 1.18. The Bertz CT molecular complexity index is 305. The zero-order valence-electron chi connectivity index (χ0n) is 9.58. The van der Waals surface area contributed by atoms with Crippen molar-refractivity contribution in [2.75, 3.05) is 18.5 Å². The van der Waals surface area contributed by atoms with Crippen LogP contribution in [-0.4, -0.2) is 23.9 Å². The topological polar surface area (TPSA) is 41.5 Å². The van der Waals surface area contributed by atoms with Crippen LogP contribution in [0.25, 0.3) is 0 Å². The van der Waals surface area contributed by atoms with E-state index in [1.807, 2.05) is 31.2 Å². The summed E-state index contributed by atoms with van der Waals surface area (Å²) in [6.45, 7) is 6.67. The zero-order valence-corrected chi connectivity index (χ0v) is 9.58. The molecule has 2 N–H and O–H groups in total. The van der Waals surface area contributed by atoms with Crippen molar-refractivity contribution in [3.8, 4) is 5.75 Å². The van der Waals surface area contributed by atoms with E-state index in [9.17, 15) is 5.11 Å². The van der Waals surface area contributed by atoms with E-state index in [0.717, 1.165) is 11.4 Å². The van der Waals surface area contributed by atoms with Gasteiger partial charge >= 0.3 is 0 Å². The highest BCUT2D eigenvalue weighted by molar-refractivity contribution is 5.48. The number of rotatable bonds is 5. The smallest absolute Gasteiger partial charge is 0.121 e. The quantitative estimate of drug-likeness (QED) is 0.781. The molecule has 0 aliphatic heterocycles. The highest BCUT2D eigenvalue weighted by Crippen LogP contribution is 2.17. The van der Waals surface area contributed by atoms with Crippen LogP contribution in [0.5, 0.6) is 5.75 Å². The van der Waals surface area contributed by atoms with E-state index in [1.54, 1.807) is 13.8 Å². The summed E-state index contributed by atoms with van der Waals surface area (Å²) >= 11 is 0. The van der Waals surface area contributed by atoms with Gasteiger partial charge in [-0.05, 0) is 32.9 Å². The SMILES string of the molecule is CCOc1cccc(NCC(C)(C)O)c1. The summed E-state index contributed by atoms with van der Waals surface area (Å²) in [5.41, 5.74) is 0.254. The molecule has 0 saturated heterocycles. The molecule has 0 atom stereocenters. The molecule has 0 amide bonds. The van der Waals surface area contributed by atoms with Crippen LogP contribution >= 0.6 is 0 Å². The number of ether oxygens (including phenoxy) is 1. The lowest BCUT2D eigenvalue weighted by molar-refractivity contribution is 0.0945. The Morgan fingerprint density at radius 1 is 1.40 bits per heavy atom. The van der Waals surface area contributed by atoms with E-state index in [0.29, 0.717) is 13.2 Å². The summed E-state index contributed by atoms with van der Waals surface area (Å²) in [5.74, 6) is 0.846. The van der Waals surface area contributed by atoms with Gasteiger partial charge in [0, 0.05) is 18.3 Å². The molecule has 15 heavy (non-hydrogen) atoms. The van der Waals surface area contributed by atoms with Crippen LogP contribution in [0.15, 0.2) is 24.3 Å². The van der Waals surface area contributed by atoms with Crippen LogP contribution in [0.1, 0.15) is 20.8 Å². The van der Waals surface area contributed by atoms with Crippen molar-refractivity contribution < 1.29 is 9.84 Å². The van der Waals surface area contributed by atoms with Crippen LogP contribution in [0.3, 0.4) is 0 Å². The van der Waals surface area contributed by atoms with Crippen LogP contribution < -0.4 is 10.1 Å². The Morgan fingerprint density at radius 3 is 2.73 bits per heavy atom. The Morgan fingerprint density at radius 2 is 2.13 bits per heavy atom. The Labute approximate surface area is 91.1 Å². The standard InChI is InChI=1S/C12H19NO2/c1-4-15-11-7-5-6-10(8-11)13-9-12(2,3)14/h5-8,13-14H,4,9H2,1-3H3. The van der Waals surface area contributed by atoms with Crippen molar-refractivity contribution in [1.82, 2.24) is 0 Å². The van der Waals surface area contributed by atoms with E-state index >= 15 is 0 Å². The van der Waals surface area contributed by atoms with Crippen molar-refractivity contribution >= 4 is 5.69 Å². The fraction of sp³-hybridized carbons (Fsp3) is 0.500. The van der Waals surface area contributed by atoms with Crippen LogP contribution in [0, 0.1) is 0 Å². The second-order valence-electron chi connectivity index (χ2n) is 4.13. The number of aliphatic hydroxyl groups is 1. The van der Waals surface area contributed by atoms with Gasteiger partial charge in [0.1, 0.15) is 5.75 Å². The highest BCUT2D eigenvalue weighted by Gasteiger charge is 2.11. The first kappa shape index (κ1) is 11.9. The minimum Gasteiger partial charge on any atom is -0.494 e. The molecule has 0 spiro atoms. The maximum atomic E-state index is 9.56. The Kier molecular flexibility index (Phi) is 3.97. The third-order valence-electron chi connectivity index (χ3n) is 1.87. The fourth-order valence-electron chi connectivity index (χ4n) is 1.18. The van der Waals surface area contributed by atoms with Gasteiger partial charge in [-0.25, -0.2) is 0 Å². The largest absolute Gasteiger partial charge is 0.494 e. The molecule has 1 aromatic rings. The van der Waals surface area contributed by atoms with Crippen molar-refractivity contribution in [2.24, 2.45) is 0 Å². The van der Waals surface area contributed by atoms with Crippen molar-refractivity contribution in [3.63, 3.8) is 0 Å². The molecular weight excluding hydrogens is 190 g/mol. The summed E-state index contributed by atoms with van der Waals surface area (Å²) in [5, 5.41) is 12.7. The lowest BCUT2D eigenvalue weighted by Crippen LogP contribution is -2.29. The maximum absolute atomic E-state index is 9.56. The van der Waals surface area contributed by atoms with E-state index in [1.165, 1.54) is 0 Å². The zero-order chi connectivity index (χ0) is 11.3. The average molecular weight is 209 g/mol. The maximum Gasteiger partial charge on any atom is 0.121 e.